The van der Waals surface area contributed by atoms with Crippen molar-refractivity contribution in [1.82, 2.24) is 4.98 Å². The van der Waals surface area contributed by atoms with E-state index >= 15 is 0 Å². The zero-order valence-corrected chi connectivity index (χ0v) is 15.8. The molecule has 0 aromatic carbocycles. The van der Waals surface area contributed by atoms with Gasteiger partial charge in [0, 0.05) is 11.6 Å². The average Bonchev–Trinajstić information content (AvgIpc) is 3.34. The molecule has 0 amide bonds. The first-order valence-corrected chi connectivity index (χ1v) is 12.1. The highest BCUT2D eigenvalue weighted by atomic mass is 32.2. The molecule has 1 fully saturated rings. The number of hydrogen-bond donors (Lipinski definition) is 0. The van der Waals surface area contributed by atoms with Crippen molar-refractivity contribution >= 4 is 23.4 Å². The van der Waals surface area contributed by atoms with Gasteiger partial charge in [-0.2, -0.15) is 21.6 Å². The Hall–Kier alpha value is -1.09. The first-order valence-electron chi connectivity index (χ1n) is 8.11. The van der Waals surface area contributed by atoms with Gasteiger partial charge in [-0.05, 0) is 24.1 Å². The molecule has 2 rings (SSSR count). The first-order chi connectivity index (χ1) is 11.1. The van der Waals surface area contributed by atoms with E-state index in [1.807, 2.05) is 20.8 Å². The van der Waals surface area contributed by atoms with Crippen LogP contribution in [0.25, 0.3) is 0 Å². The normalized spacial score (nSPS) is 16.2. The standard InChI is InChI=1S/C15H22F3NO3SSi/c1-4-24(5-2,6-3)14-9-12(11-7-8-11)19-10-13(14)22-23(20,21)15(16,17)18/h9-11H,4-8H2,1-3H3. The smallest absolute Gasteiger partial charge is 0.374 e. The topological polar surface area (TPSA) is 56.3 Å². The molecule has 0 radical (unpaired) electrons. The lowest BCUT2D eigenvalue weighted by molar-refractivity contribution is -0.0499. The highest BCUT2D eigenvalue weighted by Crippen LogP contribution is 2.40. The van der Waals surface area contributed by atoms with Crippen molar-refractivity contribution in [2.75, 3.05) is 0 Å². The van der Waals surface area contributed by atoms with Crippen LogP contribution in [-0.2, 0) is 10.1 Å². The molecule has 0 atom stereocenters. The van der Waals surface area contributed by atoms with E-state index in [-0.39, 0.29) is 5.75 Å². The highest BCUT2D eigenvalue weighted by molar-refractivity contribution is 7.88. The molecule has 1 aliphatic carbocycles. The molecule has 136 valence electrons. The Kier molecular flexibility index (Phi) is 5.34. The third-order valence-corrected chi connectivity index (χ3v) is 11.5. The summed E-state index contributed by atoms with van der Waals surface area (Å²) < 4.78 is 65.4. The molecule has 4 nitrogen and oxygen atoms in total. The van der Waals surface area contributed by atoms with E-state index in [9.17, 15) is 21.6 Å². The number of halogens is 3. The van der Waals surface area contributed by atoms with Crippen molar-refractivity contribution in [3.8, 4) is 5.75 Å². The van der Waals surface area contributed by atoms with Crippen LogP contribution in [0.1, 0.15) is 45.2 Å². The minimum Gasteiger partial charge on any atom is -0.374 e. The molecule has 1 aromatic rings. The van der Waals surface area contributed by atoms with Gasteiger partial charge in [0.2, 0.25) is 0 Å². The van der Waals surface area contributed by atoms with Gasteiger partial charge in [-0.15, -0.1) is 0 Å². The molecule has 0 N–H and O–H groups in total. The summed E-state index contributed by atoms with van der Waals surface area (Å²) in [7, 11) is -7.84. The molecule has 0 spiro atoms. The number of hydrogen-bond acceptors (Lipinski definition) is 4. The summed E-state index contributed by atoms with van der Waals surface area (Å²) in [4.78, 5) is 4.15. The third-order valence-electron chi connectivity index (χ3n) is 4.97. The molecule has 0 bridgehead atoms. The Morgan fingerprint density at radius 3 is 2.17 bits per heavy atom. The molecule has 1 aliphatic rings. The number of nitrogens with zero attached hydrogens (tertiary/aromatic N) is 1. The maximum absolute atomic E-state index is 12.7. The molecule has 1 saturated carbocycles. The molecule has 1 aromatic heterocycles. The molecule has 0 unspecified atom stereocenters. The largest absolute Gasteiger partial charge is 0.534 e. The van der Waals surface area contributed by atoms with Gasteiger partial charge < -0.3 is 4.18 Å². The third kappa shape index (κ3) is 3.61. The Balaban J connectivity index is 2.55. The van der Waals surface area contributed by atoms with E-state index in [0.717, 1.165) is 42.9 Å². The lowest BCUT2D eigenvalue weighted by atomic mass is 10.2. The quantitative estimate of drug-likeness (QED) is 0.408. The van der Waals surface area contributed by atoms with E-state index in [1.54, 1.807) is 6.07 Å². The van der Waals surface area contributed by atoms with E-state index in [0.29, 0.717) is 11.1 Å². The summed E-state index contributed by atoms with van der Waals surface area (Å²) in [5.74, 6) is 0.0724. The van der Waals surface area contributed by atoms with Crippen LogP contribution in [0.2, 0.25) is 18.1 Å². The van der Waals surface area contributed by atoms with Gasteiger partial charge in [-0.3, -0.25) is 4.98 Å². The second-order valence-electron chi connectivity index (χ2n) is 6.20. The predicted octanol–water partition coefficient (Wildman–Crippen LogP) is 3.90. The molecular weight excluding hydrogens is 359 g/mol. The number of rotatable bonds is 7. The number of aromatic nitrogens is 1. The molecular formula is C15H22F3NO3SSi. The Bertz CT molecular complexity index is 690. The summed E-state index contributed by atoms with van der Waals surface area (Å²) >= 11 is 0. The van der Waals surface area contributed by atoms with Gasteiger partial charge in [-0.1, -0.05) is 38.9 Å². The summed E-state index contributed by atoms with van der Waals surface area (Å²) in [6.45, 7) is 6.00. The fourth-order valence-electron chi connectivity index (χ4n) is 3.03. The van der Waals surface area contributed by atoms with Gasteiger partial charge in [0.25, 0.3) is 0 Å². The minimum atomic E-state index is -5.69. The summed E-state index contributed by atoms with van der Waals surface area (Å²) in [6, 6.07) is 4.20. The molecule has 1 heterocycles. The molecule has 24 heavy (non-hydrogen) atoms. The van der Waals surface area contributed by atoms with Crippen molar-refractivity contribution < 1.29 is 25.8 Å². The maximum atomic E-state index is 12.7. The van der Waals surface area contributed by atoms with Crippen molar-refractivity contribution in [3.05, 3.63) is 18.0 Å². The summed E-state index contributed by atoms with van der Waals surface area (Å²) in [5.41, 5.74) is -4.62. The van der Waals surface area contributed by atoms with Crippen molar-refractivity contribution in [3.63, 3.8) is 0 Å². The number of alkyl halides is 3. The molecule has 0 aliphatic heterocycles. The zero-order chi connectivity index (χ0) is 18.2. The van der Waals surface area contributed by atoms with Gasteiger partial charge in [0.1, 0.15) is 0 Å². The zero-order valence-electron chi connectivity index (χ0n) is 14.0. The van der Waals surface area contributed by atoms with Gasteiger partial charge >= 0.3 is 15.6 Å². The lowest BCUT2D eigenvalue weighted by Gasteiger charge is -2.30. The average molecular weight is 381 g/mol. The monoisotopic (exact) mass is 381 g/mol. The highest BCUT2D eigenvalue weighted by Gasteiger charge is 2.49. The Morgan fingerprint density at radius 2 is 1.75 bits per heavy atom. The van der Waals surface area contributed by atoms with Crippen LogP contribution < -0.4 is 9.37 Å². The fraction of sp³-hybridized carbons (Fsp3) is 0.667. The van der Waals surface area contributed by atoms with Crippen LogP contribution in [-0.4, -0.2) is 27.0 Å². The second kappa shape index (κ2) is 6.66. The molecule has 0 saturated heterocycles. The van der Waals surface area contributed by atoms with E-state index in [2.05, 4.69) is 9.17 Å². The summed E-state index contributed by atoms with van der Waals surface area (Å²) in [6.07, 6.45) is 3.17. The Morgan fingerprint density at radius 1 is 1.21 bits per heavy atom. The first kappa shape index (κ1) is 19.2. The van der Waals surface area contributed by atoms with Crippen LogP contribution in [0, 0.1) is 0 Å². The van der Waals surface area contributed by atoms with Crippen LogP contribution >= 0.6 is 0 Å². The maximum Gasteiger partial charge on any atom is 0.534 e. The van der Waals surface area contributed by atoms with Gasteiger partial charge in [-0.25, -0.2) is 0 Å². The van der Waals surface area contributed by atoms with Crippen LogP contribution in [0.4, 0.5) is 13.2 Å². The fourth-order valence-corrected chi connectivity index (χ4v) is 7.30. The van der Waals surface area contributed by atoms with Gasteiger partial charge in [0.15, 0.2) is 5.75 Å². The minimum absolute atomic E-state index is 0.256. The van der Waals surface area contributed by atoms with Gasteiger partial charge in [0.05, 0.1) is 14.3 Å². The molecule has 9 heteroatoms. The van der Waals surface area contributed by atoms with E-state index in [4.69, 9.17) is 0 Å². The summed E-state index contributed by atoms with van der Waals surface area (Å²) in [5, 5.41) is 0.639. The van der Waals surface area contributed by atoms with Crippen LogP contribution in [0.5, 0.6) is 5.75 Å². The van der Waals surface area contributed by atoms with Crippen LogP contribution in [0.3, 0.4) is 0 Å². The van der Waals surface area contributed by atoms with Crippen molar-refractivity contribution in [1.29, 1.82) is 0 Å². The number of pyridine rings is 1. The SMILES string of the molecule is CC[Si](CC)(CC)c1cc(C2CC2)ncc1OS(=O)(=O)C(F)(F)F. The van der Waals surface area contributed by atoms with Crippen molar-refractivity contribution in [2.45, 2.75) is 63.2 Å². The lowest BCUT2D eigenvalue weighted by Crippen LogP contribution is -2.47. The Labute approximate surface area is 141 Å². The van der Waals surface area contributed by atoms with E-state index in [1.165, 1.54) is 0 Å². The van der Waals surface area contributed by atoms with Crippen molar-refractivity contribution in [2.24, 2.45) is 0 Å². The predicted molar refractivity (Wildman–Crippen MR) is 88.6 cm³/mol. The van der Waals surface area contributed by atoms with Crippen LogP contribution in [0.15, 0.2) is 12.3 Å². The second-order valence-corrected chi connectivity index (χ2v) is 13.0. The van der Waals surface area contributed by atoms with E-state index < -0.39 is 23.7 Å².